The number of rotatable bonds is 7. The predicted molar refractivity (Wildman–Crippen MR) is 114 cm³/mol. The van der Waals surface area contributed by atoms with Crippen LogP contribution in [0.3, 0.4) is 0 Å². The maximum atomic E-state index is 12.7. The van der Waals surface area contributed by atoms with E-state index < -0.39 is 35.4 Å². The molecular weight excluding hydrogens is 468 g/mol. The van der Waals surface area contributed by atoms with Gasteiger partial charge in [-0.25, -0.2) is 16.8 Å². The van der Waals surface area contributed by atoms with Crippen LogP contribution in [-0.4, -0.2) is 37.7 Å². The number of nitro groups is 1. The van der Waals surface area contributed by atoms with E-state index in [9.17, 15) is 26.9 Å². The molecule has 0 radical (unpaired) electrons. The van der Waals surface area contributed by atoms with Gasteiger partial charge < -0.3 is 0 Å². The maximum Gasteiger partial charge on any atom is 0.270 e. The lowest BCUT2D eigenvalue weighted by molar-refractivity contribution is -0.385. The van der Waals surface area contributed by atoms with Crippen molar-refractivity contribution in [3.63, 3.8) is 0 Å². The molecule has 0 saturated carbocycles. The quantitative estimate of drug-likeness (QED) is 0.398. The first kappa shape index (κ1) is 22.6. The van der Waals surface area contributed by atoms with Gasteiger partial charge in [0.25, 0.3) is 15.7 Å². The van der Waals surface area contributed by atoms with E-state index in [0.29, 0.717) is 11.3 Å². The second-order valence-corrected chi connectivity index (χ2v) is 10.5. The standard InChI is InChI=1S/C18H15ClN4O6S2/c1-2-30(26,27)18-9-8-16(20-21-18)12-4-3-5-13(10-12)22-31(28,29)17-11-14(23(24)25)6-7-15(17)19/h3-11,22H,2H2,1H3. The number of sulfone groups is 1. The van der Waals surface area contributed by atoms with Gasteiger partial charge in [-0.3, -0.25) is 14.8 Å². The fourth-order valence-electron chi connectivity index (χ4n) is 2.55. The minimum absolute atomic E-state index is 0.113. The molecule has 31 heavy (non-hydrogen) atoms. The Labute approximate surface area is 183 Å². The third-order valence-corrected chi connectivity index (χ3v) is 7.64. The molecule has 0 spiro atoms. The highest BCUT2D eigenvalue weighted by Gasteiger charge is 2.22. The summed E-state index contributed by atoms with van der Waals surface area (Å²) in [5.41, 5.74) is 0.519. The summed E-state index contributed by atoms with van der Waals surface area (Å²) in [6, 6.07) is 12.0. The van der Waals surface area contributed by atoms with Gasteiger partial charge in [-0.15, -0.1) is 10.2 Å². The minimum Gasteiger partial charge on any atom is -0.280 e. The molecule has 0 bridgehead atoms. The topological polar surface area (TPSA) is 149 Å². The van der Waals surface area contributed by atoms with Crippen molar-refractivity contribution < 1.29 is 21.8 Å². The SMILES string of the molecule is CCS(=O)(=O)c1ccc(-c2cccc(NS(=O)(=O)c3cc([N+](=O)[O-])ccc3Cl)c2)nn1. The number of anilines is 1. The summed E-state index contributed by atoms with van der Waals surface area (Å²) in [6.45, 7) is 1.49. The number of hydrogen-bond donors (Lipinski definition) is 1. The summed E-state index contributed by atoms with van der Waals surface area (Å²) in [7, 11) is -7.73. The smallest absolute Gasteiger partial charge is 0.270 e. The van der Waals surface area contributed by atoms with Crippen LogP contribution in [0.5, 0.6) is 0 Å². The maximum absolute atomic E-state index is 12.7. The zero-order valence-corrected chi connectivity index (χ0v) is 18.3. The van der Waals surface area contributed by atoms with Crippen molar-refractivity contribution in [1.29, 1.82) is 0 Å². The van der Waals surface area contributed by atoms with Gasteiger partial charge in [-0.2, -0.15) is 0 Å². The van der Waals surface area contributed by atoms with Crippen LogP contribution in [-0.2, 0) is 19.9 Å². The number of nitrogens with zero attached hydrogens (tertiary/aromatic N) is 3. The first-order valence-corrected chi connectivity index (χ1v) is 12.2. The molecule has 1 N–H and O–H groups in total. The first-order chi connectivity index (χ1) is 14.5. The van der Waals surface area contributed by atoms with Crippen molar-refractivity contribution in [2.45, 2.75) is 16.8 Å². The van der Waals surface area contributed by atoms with Crippen molar-refractivity contribution in [1.82, 2.24) is 10.2 Å². The Morgan fingerprint density at radius 3 is 2.39 bits per heavy atom. The number of halogens is 1. The lowest BCUT2D eigenvalue weighted by Crippen LogP contribution is -2.14. The molecular formula is C18H15ClN4O6S2. The summed E-state index contributed by atoms with van der Waals surface area (Å²) in [4.78, 5) is 9.79. The van der Waals surface area contributed by atoms with Crippen LogP contribution in [0.1, 0.15) is 6.92 Å². The van der Waals surface area contributed by atoms with Crippen molar-refractivity contribution in [3.05, 3.63) is 69.7 Å². The van der Waals surface area contributed by atoms with E-state index in [-0.39, 0.29) is 21.5 Å². The van der Waals surface area contributed by atoms with Crippen LogP contribution in [0, 0.1) is 10.1 Å². The average molecular weight is 483 g/mol. The summed E-state index contributed by atoms with van der Waals surface area (Å²) in [5, 5.41) is 18.3. The molecule has 162 valence electrons. The Morgan fingerprint density at radius 2 is 1.77 bits per heavy atom. The van der Waals surface area contributed by atoms with Crippen molar-refractivity contribution >= 4 is 42.8 Å². The van der Waals surface area contributed by atoms with Crippen molar-refractivity contribution in [2.75, 3.05) is 10.5 Å². The number of hydrogen-bond acceptors (Lipinski definition) is 8. The van der Waals surface area contributed by atoms with Gasteiger partial charge in [0.15, 0.2) is 14.9 Å². The number of sulfonamides is 1. The van der Waals surface area contributed by atoms with E-state index in [1.807, 2.05) is 0 Å². The summed E-state index contributed by atoms with van der Waals surface area (Å²) >= 11 is 5.93. The number of benzene rings is 2. The monoisotopic (exact) mass is 482 g/mol. The highest BCUT2D eigenvalue weighted by atomic mass is 35.5. The highest BCUT2D eigenvalue weighted by molar-refractivity contribution is 7.93. The minimum atomic E-state index is -4.23. The Morgan fingerprint density at radius 1 is 1.03 bits per heavy atom. The van der Waals surface area contributed by atoms with E-state index in [1.165, 1.54) is 31.2 Å². The molecule has 1 heterocycles. The molecule has 0 unspecified atom stereocenters. The molecule has 1 aromatic heterocycles. The van der Waals surface area contributed by atoms with E-state index in [4.69, 9.17) is 11.6 Å². The largest absolute Gasteiger partial charge is 0.280 e. The number of aromatic nitrogens is 2. The summed E-state index contributed by atoms with van der Waals surface area (Å²) < 4.78 is 51.5. The molecule has 0 saturated heterocycles. The lowest BCUT2D eigenvalue weighted by Gasteiger charge is -2.10. The first-order valence-electron chi connectivity index (χ1n) is 8.67. The molecule has 10 nitrogen and oxygen atoms in total. The van der Waals surface area contributed by atoms with Crippen LogP contribution in [0.4, 0.5) is 11.4 Å². The summed E-state index contributed by atoms with van der Waals surface area (Å²) in [6.07, 6.45) is 0. The van der Waals surface area contributed by atoms with E-state index in [1.54, 1.807) is 12.1 Å². The molecule has 0 amide bonds. The van der Waals surface area contributed by atoms with Gasteiger partial charge in [0.05, 0.1) is 21.4 Å². The number of non-ortho nitro benzene ring substituents is 1. The molecule has 13 heteroatoms. The molecule has 0 atom stereocenters. The second kappa shape index (κ2) is 8.57. The number of nitrogens with one attached hydrogen (secondary N) is 1. The van der Waals surface area contributed by atoms with Gasteiger partial charge in [0.2, 0.25) is 0 Å². The van der Waals surface area contributed by atoms with Crippen molar-refractivity contribution in [3.8, 4) is 11.3 Å². The molecule has 2 aromatic carbocycles. The van der Waals surface area contributed by atoms with E-state index >= 15 is 0 Å². The van der Waals surface area contributed by atoms with Crippen LogP contribution in [0.2, 0.25) is 5.02 Å². The van der Waals surface area contributed by atoms with Crippen molar-refractivity contribution in [2.24, 2.45) is 0 Å². The van der Waals surface area contributed by atoms with Crippen LogP contribution in [0.15, 0.2) is 64.5 Å². The number of nitro benzene ring substituents is 1. The van der Waals surface area contributed by atoms with Gasteiger partial charge in [0.1, 0.15) is 4.90 Å². The highest BCUT2D eigenvalue weighted by Crippen LogP contribution is 2.29. The predicted octanol–water partition coefficient (Wildman–Crippen LogP) is 3.30. The zero-order valence-electron chi connectivity index (χ0n) is 15.9. The third kappa shape index (κ3) is 4.98. The van der Waals surface area contributed by atoms with Gasteiger partial charge >= 0.3 is 0 Å². The molecule has 0 aliphatic rings. The Hall–Kier alpha value is -3.09. The molecule has 0 fully saturated rings. The van der Waals surface area contributed by atoms with Gasteiger partial charge in [-0.05, 0) is 30.3 Å². The molecule has 3 rings (SSSR count). The lowest BCUT2D eigenvalue weighted by atomic mass is 10.1. The Kier molecular flexibility index (Phi) is 6.25. The van der Waals surface area contributed by atoms with E-state index in [2.05, 4.69) is 14.9 Å². The van der Waals surface area contributed by atoms with Crippen LogP contribution < -0.4 is 4.72 Å². The second-order valence-electron chi connectivity index (χ2n) is 6.22. The van der Waals surface area contributed by atoms with Gasteiger partial charge in [-0.1, -0.05) is 30.7 Å². The average Bonchev–Trinajstić information content (AvgIpc) is 2.73. The van der Waals surface area contributed by atoms with Crippen LogP contribution >= 0.6 is 11.6 Å². The van der Waals surface area contributed by atoms with Crippen LogP contribution in [0.25, 0.3) is 11.3 Å². The Bertz CT molecular complexity index is 1360. The fourth-order valence-corrected chi connectivity index (χ4v) is 4.86. The fraction of sp³-hybridized carbons (Fsp3) is 0.111. The summed E-state index contributed by atoms with van der Waals surface area (Å²) in [5.74, 6) is -0.113. The Balaban J connectivity index is 1.92. The third-order valence-electron chi connectivity index (χ3n) is 4.16. The zero-order chi connectivity index (χ0) is 22.8. The molecule has 0 aliphatic heterocycles. The molecule has 3 aromatic rings. The molecule has 0 aliphatic carbocycles. The normalized spacial score (nSPS) is 11.8. The van der Waals surface area contributed by atoms with Gasteiger partial charge in [0, 0.05) is 23.4 Å². The van der Waals surface area contributed by atoms with E-state index in [0.717, 1.165) is 18.2 Å².